The van der Waals surface area contributed by atoms with Crippen LogP contribution in [0.1, 0.15) is 43.8 Å². The molecule has 5 aliphatic carbocycles. The van der Waals surface area contributed by atoms with Crippen LogP contribution in [0.15, 0.2) is 130 Å². The van der Waals surface area contributed by atoms with E-state index in [-0.39, 0.29) is 36.0 Å². The summed E-state index contributed by atoms with van der Waals surface area (Å²) in [6, 6.07) is 16.2. The van der Waals surface area contributed by atoms with Crippen LogP contribution < -0.4 is 10.4 Å². The molecule has 0 radical (unpaired) electrons. The minimum atomic E-state index is -1.08. The van der Waals surface area contributed by atoms with E-state index in [4.69, 9.17) is 11.3 Å². The molecule has 1 nitrogen and oxygen atoms in total. The lowest BCUT2D eigenvalue weighted by molar-refractivity contribution is 0.543. The van der Waals surface area contributed by atoms with E-state index in [2.05, 4.69) is 72.9 Å². The summed E-state index contributed by atoms with van der Waals surface area (Å²) in [6.45, 7) is 0. The Morgan fingerprint density at radius 2 is 1.64 bits per heavy atom. The second-order valence-corrected chi connectivity index (χ2v) is 10.9. The first-order valence-corrected chi connectivity index (χ1v) is 14.0. The number of hydrogen-bond acceptors (Lipinski definition) is 1. The maximum absolute atomic E-state index is 8.90. The zero-order chi connectivity index (χ0) is 30.1. The molecule has 8 rings (SSSR count). The fourth-order valence-electron chi connectivity index (χ4n) is 7.14. The van der Waals surface area contributed by atoms with Crippen molar-refractivity contribution < 1.29 is 11.3 Å². The minimum absolute atomic E-state index is 0.0341. The van der Waals surface area contributed by atoms with Crippen LogP contribution >= 0.6 is 0 Å². The van der Waals surface area contributed by atoms with Crippen LogP contribution in [0.25, 0.3) is 28.2 Å². The van der Waals surface area contributed by atoms with E-state index in [1.807, 2.05) is 18.2 Å². The highest BCUT2D eigenvalue weighted by molar-refractivity contribution is 5.93. The molecule has 0 saturated carbocycles. The molecule has 1 heterocycles. The number of hydrogen-bond donors (Lipinski definition) is 0. The molecule has 4 atom stereocenters. The van der Waals surface area contributed by atoms with Crippen LogP contribution in [0, 0.1) is 17.8 Å². The van der Waals surface area contributed by atoms with Crippen molar-refractivity contribution >= 4 is 28.2 Å². The Kier molecular flexibility index (Phi) is 4.34. The molecule has 5 aliphatic rings. The molecular formula is C38H32O. The Bertz CT molecular complexity index is 2100. The molecule has 0 spiro atoms. The molecule has 190 valence electrons. The standard InChI is InChI=1S/C38H32O/c1-2-12-25(13-3-1)27-14-4-5-16-29(27)38-32-19-8-6-17-30(32)37(31-18-7-9-20-33(31)38)26-22-23-36-34(24-26)28-15-10-11-21-35(28)39-36/h1-4,6-12,14-15,17-21,24-25,30,32H,5,13,16,22-23H2/i1D,2D,3D,12D,13D. The zero-order valence-corrected chi connectivity index (χ0v) is 21.7. The van der Waals surface area contributed by atoms with Crippen molar-refractivity contribution in [2.24, 2.45) is 17.8 Å². The van der Waals surface area contributed by atoms with E-state index in [9.17, 15) is 0 Å². The molecule has 1 aromatic heterocycles. The number of rotatable bonds is 3. The number of allylic oxidation sites excluding steroid dienone is 13. The fraction of sp³-hybridized carbons (Fsp3) is 0.211. The van der Waals surface area contributed by atoms with Crippen LogP contribution in [0.5, 0.6) is 0 Å². The van der Waals surface area contributed by atoms with E-state index in [1.54, 1.807) is 0 Å². The topological polar surface area (TPSA) is 13.1 Å². The van der Waals surface area contributed by atoms with Gasteiger partial charge >= 0.3 is 0 Å². The number of benzene rings is 2. The summed E-state index contributed by atoms with van der Waals surface area (Å²) in [6.07, 6.45) is 17.7. The molecule has 0 bridgehead atoms. The van der Waals surface area contributed by atoms with Gasteiger partial charge in [-0.3, -0.25) is 0 Å². The summed E-state index contributed by atoms with van der Waals surface area (Å²) >= 11 is 0. The average molecular weight is 510 g/mol. The lowest BCUT2D eigenvalue weighted by Crippen LogP contribution is -2.41. The average Bonchev–Trinajstić information content (AvgIpc) is 3.44. The summed E-state index contributed by atoms with van der Waals surface area (Å²) < 4.78 is 49.0. The summed E-state index contributed by atoms with van der Waals surface area (Å²) in [5.41, 5.74) is 7.99. The van der Waals surface area contributed by atoms with Crippen LogP contribution in [-0.2, 0) is 6.42 Å². The molecule has 4 unspecified atom stereocenters. The molecule has 3 aromatic rings. The molecule has 0 saturated heterocycles. The van der Waals surface area contributed by atoms with E-state index >= 15 is 0 Å². The molecular weight excluding hydrogens is 472 g/mol. The van der Waals surface area contributed by atoms with Crippen molar-refractivity contribution in [3.8, 4) is 0 Å². The predicted octanol–water partition coefficient (Wildman–Crippen LogP) is 7.91. The maximum atomic E-state index is 8.90. The van der Waals surface area contributed by atoms with Gasteiger partial charge in [-0.15, -0.1) is 0 Å². The predicted molar refractivity (Wildman–Crippen MR) is 162 cm³/mol. The summed E-state index contributed by atoms with van der Waals surface area (Å²) in [5, 5.41) is 3.55. The molecule has 1 heteroatoms. The number of furan rings is 1. The first-order valence-electron chi connectivity index (χ1n) is 16.6. The van der Waals surface area contributed by atoms with Crippen molar-refractivity contribution in [2.75, 3.05) is 0 Å². The van der Waals surface area contributed by atoms with Gasteiger partial charge in [0.2, 0.25) is 0 Å². The molecule has 39 heavy (non-hydrogen) atoms. The Labute approximate surface area is 237 Å². The highest BCUT2D eigenvalue weighted by atomic mass is 16.3. The quantitative estimate of drug-likeness (QED) is 0.350. The van der Waals surface area contributed by atoms with Gasteiger partial charge in [-0.1, -0.05) is 103 Å². The van der Waals surface area contributed by atoms with Crippen molar-refractivity contribution in [2.45, 2.75) is 32.1 Å². The van der Waals surface area contributed by atoms with E-state index in [0.717, 1.165) is 53.6 Å². The SMILES string of the molecule is [2H]C1=C([2H])C([2H])C(C2=C(C3=c4ccccc4=C(C4=Cc5c(oc6ccccc56)CC4)C4C=CC=CC34)CCC=C2)C([2H])=C1[2H]. The largest absolute Gasteiger partial charge is 0.460 e. The summed E-state index contributed by atoms with van der Waals surface area (Å²) in [7, 11) is 0. The Morgan fingerprint density at radius 1 is 0.846 bits per heavy atom. The number of aryl methyl sites for hydroxylation is 1. The molecule has 0 fully saturated rings. The number of fused-ring (bicyclic) bond motifs is 5. The van der Waals surface area contributed by atoms with Gasteiger partial charge in [-0.05, 0) is 76.1 Å². The normalized spacial score (nSPS) is 29.8. The monoisotopic (exact) mass is 509 g/mol. The van der Waals surface area contributed by atoms with Gasteiger partial charge in [0.25, 0.3) is 0 Å². The maximum Gasteiger partial charge on any atom is 0.134 e. The smallest absolute Gasteiger partial charge is 0.134 e. The second-order valence-electron chi connectivity index (χ2n) is 10.9. The van der Waals surface area contributed by atoms with Gasteiger partial charge in [-0.25, -0.2) is 0 Å². The van der Waals surface area contributed by atoms with Crippen molar-refractivity contribution in [1.29, 1.82) is 0 Å². The fourth-order valence-corrected chi connectivity index (χ4v) is 7.14. The van der Waals surface area contributed by atoms with Gasteiger partial charge in [0, 0.05) is 36.5 Å². The highest BCUT2D eigenvalue weighted by Gasteiger charge is 2.35. The van der Waals surface area contributed by atoms with E-state index < -0.39 is 12.3 Å². The third-order valence-electron chi connectivity index (χ3n) is 8.79. The lowest BCUT2D eigenvalue weighted by Gasteiger charge is -2.37. The molecule has 0 amide bonds. The number of para-hydroxylation sites is 1. The van der Waals surface area contributed by atoms with Crippen LogP contribution in [0.4, 0.5) is 0 Å². The Balaban J connectivity index is 1.40. The van der Waals surface area contributed by atoms with Gasteiger partial charge in [0.05, 0.1) is 5.48 Å². The van der Waals surface area contributed by atoms with Gasteiger partial charge in [-0.2, -0.15) is 0 Å². The minimum Gasteiger partial charge on any atom is -0.460 e. The van der Waals surface area contributed by atoms with Crippen molar-refractivity contribution in [1.82, 2.24) is 0 Å². The second kappa shape index (κ2) is 9.27. The summed E-state index contributed by atoms with van der Waals surface area (Å²) in [4.78, 5) is 0. The summed E-state index contributed by atoms with van der Waals surface area (Å²) in [5.74, 6) is 0.508. The van der Waals surface area contributed by atoms with Crippen LogP contribution in [0.3, 0.4) is 0 Å². The van der Waals surface area contributed by atoms with Gasteiger partial charge in [0.1, 0.15) is 11.3 Å². The lowest BCUT2D eigenvalue weighted by atomic mass is 9.66. The first kappa shape index (κ1) is 18.2. The third kappa shape index (κ3) is 3.67. The van der Waals surface area contributed by atoms with Crippen LogP contribution in [0.2, 0.25) is 0 Å². The molecule has 2 aromatic carbocycles. The zero-order valence-electron chi connectivity index (χ0n) is 26.7. The first-order chi connectivity index (χ1) is 21.4. The van der Waals surface area contributed by atoms with Gasteiger partial charge < -0.3 is 4.42 Å². The third-order valence-corrected chi connectivity index (χ3v) is 8.79. The van der Waals surface area contributed by atoms with Gasteiger partial charge in [0.15, 0.2) is 0 Å². The molecule has 0 N–H and O–H groups in total. The Hall–Kier alpha value is -4.10. The van der Waals surface area contributed by atoms with Crippen molar-refractivity contribution in [3.05, 3.63) is 148 Å². The van der Waals surface area contributed by atoms with Crippen LogP contribution in [-0.4, -0.2) is 0 Å². The Morgan fingerprint density at radius 3 is 2.54 bits per heavy atom. The molecule has 0 aliphatic heterocycles. The van der Waals surface area contributed by atoms with E-state index in [0.29, 0.717) is 0 Å². The highest BCUT2D eigenvalue weighted by Crippen LogP contribution is 2.46. The van der Waals surface area contributed by atoms with E-state index in [1.165, 1.54) is 32.7 Å². The van der Waals surface area contributed by atoms with Crippen molar-refractivity contribution in [3.63, 3.8) is 0 Å².